The average Bonchev–Trinajstić information content (AvgIpc) is 3.11. The summed E-state index contributed by atoms with van der Waals surface area (Å²) < 4.78 is 0. The molecule has 1 aromatic carbocycles. The van der Waals surface area contributed by atoms with Crippen molar-refractivity contribution in [1.29, 1.82) is 0 Å². The van der Waals surface area contributed by atoms with Gasteiger partial charge in [-0.25, -0.2) is 0 Å². The lowest BCUT2D eigenvalue weighted by Gasteiger charge is -2.32. The standard InChI is InChI=1S/C20H27N3O/c1-15(2)18-13-19(22-21-18)20(24)23-12-6-9-17(14-23)11-10-16-7-4-3-5-8-16/h3-5,7-8,13,15,17H,6,9-12,14H2,1-2H3,(H,21,22)/t17-/m0/s1. The summed E-state index contributed by atoms with van der Waals surface area (Å²) in [6, 6.07) is 12.5. The summed E-state index contributed by atoms with van der Waals surface area (Å²) in [5.74, 6) is 1.02. The summed E-state index contributed by atoms with van der Waals surface area (Å²) in [5, 5.41) is 7.20. The smallest absolute Gasteiger partial charge is 0.274 e. The van der Waals surface area contributed by atoms with E-state index >= 15 is 0 Å². The normalized spacial score (nSPS) is 18.1. The number of carbonyl (C=O) groups is 1. The minimum Gasteiger partial charge on any atom is -0.337 e. The molecule has 0 saturated carbocycles. The molecule has 2 heterocycles. The summed E-state index contributed by atoms with van der Waals surface area (Å²) in [5.41, 5.74) is 2.97. The van der Waals surface area contributed by atoms with Crippen LogP contribution in [-0.4, -0.2) is 34.1 Å². The number of amides is 1. The largest absolute Gasteiger partial charge is 0.337 e. The van der Waals surface area contributed by atoms with Crippen molar-refractivity contribution in [2.24, 2.45) is 5.92 Å². The Morgan fingerprint density at radius 2 is 2.12 bits per heavy atom. The van der Waals surface area contributed by atoms with Crippen molar-refractivity contribution in [3.05, 3.63) is 53.3 Å². The summed E-state index contributed by atoms with van der Waals surface area (Å²) >= 11 is 0. The molecule has 1 saturated heterocycles. The minimum atomic E-state index is 0.0718. The van der Waals surface area contributed by atoms with Crippen molar-refractivity contribution in [1.82, 2.24) is 15.1 Å². The van der Waals surface area contributed by atoms with E-state index in [1.54, 1.807) is 0 Å². The maximum atomic E-state index is 12.7. The molecule has 128 valence electrons. The SMILES string of the molecule is CC(C)c1cc(C(=O)N2CCC[C@@H](CCc3ccccc3)C2)n[nH]1. The lowest BCUT2D eigenvalue weighted by Crippen LogP contribution is -2.40. The van der Waals surface area contributed by atoms with Gasteiger partial charge in [-0.05, 0) is 49.1 Å². The first-order valence-electron chi connectivity index (χ1n) is 9.02. The highest BCUT2D eigenvalue weighted by Gasteiger charge is 2.26. The molecule has 1 aliphatic heterocycles. The highest BCUT2D eigenvalue weighted by atomic mass is 16.2. The molecular weight excluding hydrogens is 298 g/mol. The molecule has 0 radical (unpaired) electrons. The van der Waals surface area contributed by atoms with E-state index in [0.29, 0.717) is 17.5 Å². The lowest BCUT2D eigenvalue weighted by molar-refractivity contribution is 0.0662. The van der Waals surface area contributed by atoms with Crippen molar-refractivity contribution in [3.8, 4) is 0 Å². The molecule has 0 unspecified atom stereocenters. The van der Waals surface area contributed by atoms with Gasteiger partial charge < -0.3 is 4.90 Å². The molecule has 24 heavy (non-hydrogen) atoms. The fraction of sp³-hybridized carbons (Fsp3) is 0.500. The lowest BCUT2D eigenvalue weighted by atomic mass is 9.91. The molecule has 2 aromatic rings. The second kappa shape index (κ2) is 7.65. The summed E-state index contributed by atoms with van der Waals surface area (Å²) in [6.07, 6.45) is 4.54. The van der Waals surface area contributed by atoms with E-state index in [2.05, 4.69) is 54.4 Å². The number of H-pyrrole nitrogens is 1. The second-order valence-electron chi connectivity index (χ2n) is 7.15. The first-order chi connectivity index (χ1) is 11.6. The number of piperidine rings is 1. The fourth-order valence-corrected chi connectivity index (χ4v) is 3.40. The van der Waals surface area contributed by atoms with Crippen LogP contribution in [0.25, 0.3) is 0 Å². The number of rotatable bonds is 5. The number of likely N-dealkylation sites (tertiary alicyclic amines) is 1. The summed E-state index contributed by atoms with van der Waals surface area (Å²) in [7, 11) is 0. The molecular formula is C20H27N3O. The Morgan fingerprint density at radius 1 is 1.33 bits per heavy atom. The number of nitrogens with one attached hydrogen (secondary N) is 1. The number of nitrogens with zero attached hydrogens (tertiary/aromatic N) is 2. The maximum absolute atomic E-state index is 12.7. The van der Waals surface area contributed by atoms with Crippen molar-refractivity contribution in [3.63, 3.8) is 0 Å². The molecule has 0 spiro atoms. The third-order valence-corrected chi connectivity index (χ3v) is 4.93. The van der Waals surface area contributed by atoms with Gasteiger partial charge in [0, 0.05) is 18.8 Å². The molecule has 1 aromatic heterocycles. The van der Waals surface area contributed by atoms with Crippen molar-refractivity contribution < 1.29 is 4.79 Å². The van der Waals surface area contributed by atoms with Crippen LogP contribution in [0.4, 0.5) is 0 Å². The quantitative estimate of drug-likeness (QED) is 0.902. The Labute approximate surface area is 144 Å². The van der Waals surface area contributed by atoms with Crippen LogP contribution in [0.15, 0.2) is 36.4 Å². The van der Waals surface area contributed by atoms with Gasteiger partial charge in [-0.1, -0.05) is 44.2 Å². The zero-order valence-electron chi connectivity index (χ0n) is 14.7. The van der Waals surface area contributed by atoms with Crippen LogP contribution in [0.2, 0.25) is 0 Å². The minimum absolute atomic E-state index is 0.0718. The zero-order valence-corrected chi connectivity index (χ0v) is 14.7. The Morgan fingerprint density at radius 3 is 2.83 bits per heavy atom. The third kappa shape index (κ3) is 4.05. The number of carbonyl (C=O) groups excluding carboxylic acids is 1. The number of benzene rings is 1. The highest BCUT2D eigenvalue weighted by molar-refractivity contribution is 5.92. The molecule has 1 atom stereocenters. The van der Waals surface area contributed by atoms with Gasteiger partial charge in [0.25, 0.3) is 5.91 Å². The Balaban J connectivity index is 1.57. The van der Waals surface area contributed by atoms with Gasteiger partial charge in [0.2, 0.25) is 0 Å². The van der Waals surface area contributed by atoms with Crippen LogP contribution in [-0.2, 0) is 6.42 Å². The number of hydrogen-bond acceptors (Lipinski definition) is 2. The molecule has 1 aliphatic rings. The molecule has 0 aliphatic carbocycles. The third-order valence-electron chi connectivity index (χ3n) is 4.93. The molecule has 1 amide bonds. The molecule has 3 rings (SSSR count). The first-order valence-corrected chi connectivity index (χ1v) is 9.02. The van der Waals surface area contributed by atoms with Gasteiger partial charge >= 0.3 is 0 Å². The van der Waals surface area contributed by atoms with E-state index in [9.17, 15) is 4.79 Å². The van der Waals surface area contributed by atoms with Crippen LogP contribution in [0.5, 0.6) is 0 Å². The number of aryl methyl sites for hydroxylation is 1. The van der Waals surface area contributed by atoms with Crippen LogP contribution < -0.4 is 0 Å². The van der Waals surface area contributed by atoms with Crippen LogP contribution >= 0.6 is 0 Å². The van der Waals surface area contributed by atoms with Crippen LogP contribution in [0, 0.1) is 5.92 Å². The Hall–Kier alpha value is -2.10. The van der Waals surface area contributed by atoms with E-state index in [4.69, 9.17) is 0 Å². The van der Waals surface area contributed by atoms with Gasteiger partial charge in [0.15, 0.2) is 0 Å². The second-order valence-corrected chi connectivity index (χ2v) is 7.15. The molecule has 4 heteroatoms. The maximum Gasteiger partial charge on any atom is 0.274 e. The van der Waals surface area contributed by atoms with Gasteiger partial charge in [-0.3, -0.25) is 9.89 Å². The molecule has 1 fully saturated rings. The summed E-state index contributed by atoms with van der Waals surface area (Å²) in [4.78, 5) is 14.7. The average molecular weight is 325 g/mol. The van der Waals surface area contributed by atoms with E-state index in [0.717, 1.165) is 38.0 Å². The Bertz CT molecular complexity index is 663. The van der Waals surface area contributed by atoms with Crippen molar-refractivity contribution in [2.75, 3.05) is 13.1 Å². The molecule has 1 N–H and O–H groups in total. The van der Waals surface area contributed by atoms with Crippen molar-refractivity contribution >= 4 is 5.91 Å². The van der Waals surface area contributed by atoms with E-state index in [1.807, 2.05) is 11.0 Å². The van der Waals surface area contributed by atoms with Gasteiger partial charge in [0.05, 0.1) is 0 Å². The fourth-order valence-electron chi connectivity index (χ4n) is 3.40. The van der Waals surface area contributed by atoms with E-state index in [1.165, 1.54) is 12.0 Å². The van der Waals surface area contributed by atoms with Gasteiger partial charge in [-0.15, -0.1) is 0 Å². The van der Waals surface area contributed by atoms with Gasteiger partial charge in [-0.2, -0.15) is 5.10 Å². The monoisotopic (exact) mass is 325 g/mol. The van der Waals surface area contributed by atoms with Crippen molar-refractivity contribution in [2.45, 2.75) is 45.4 Å². The van der Waals surface area contributed by atoms with E-state index < -0.39 is 0 Å². The molecule has 4 nitrogen and oxygen atoms in total. The predicted octanol–water partition coefficient (Wildman–Crippen LogP) is 4.02. The van der Waals surface area contributed by atoms with Crippen LogP contribution in [0.3, 0.4) is 0 Å². The summed E-state index contributed by atoms with van der Waals surface area (Å²) in [6.45, 7) is 5.91. The predicted molar refractivity (Wildman–Crippen MR) is 96.1 cm³/mol. The van der Waals surface area contributed by atoms with Crippen LogP contribution in [0.1, 0.15) is 60.8 Å². The topological polar surface area (TPSA) is 49.0 Å². The highest BCUT2D eigenvalue weighted by Crippen LogP contribution is 2.23. The zero-order chi connectivity index (χ0) is 16.9. The number of aromatic amines is 1. The number of aromatic nitrogens is 2. The number of hydrogen-bond donors (Lipinski definition) is 1. The Kier molecular flexibility index (Phi) is 5.34. The first kappa shape index (κ1) is 16.7. The van der Waals surface area contributed by atoms with Gasteiger partial charge in [0.1, 0.15) is 5.69 Å². The van der Waals surface area contributed by atoms with E-state index in [-0.39, 0.29) is 5.91 Å². The molecule has 0 bridgehead atoms.